The quantitative estimate of drug-likeness (QED) is 0.808. The number of phenols is 1. The fraction of sp³-hybridized carbons (Fsp3) is 0.133. The Kier molecular flexibility index (Phi) is 4.95. The highest BCUT2D eigenvalue weighted by Gasteiger charge is 2.15. The number of rotatable bonds is 4. The molecule has 2 aromatic carbocycles. The highest BCUT2D eigenvalue weighted by atomic mass is 35.5. The molecule has 3 N–H and O–H groups in total. The van der Waals surface area contributed by atoms with Crippen LogP contribution in [0.4, 0.5) is 8.78 Å². The first-order valence-corrected chi connectivity index (χ1v) is 6.66. The molecule has 1 amide bonds. The van der Waals surface area contributed by atoms with Gasteiger partial charge in [0, 0.05) is 11.6 Å². The van der Waals surface area contributed by atoms with Gasteiger partial charge in [0.2, 0.25) is 0 Å². The smallest absolute Gasteiger partial charge is 0.255 e. The Morgan fingerprint density at radius 2 is 1.91 bits per heavy atom. The van der Waals surface area contributed by atoms with Crippen LogP contribution < -0.4 is 5.32 Å². The molecule has 1 unspecified atom stereocenters. The zero-order valence-corrected chi connectivity index (χ0v) is 11.9. The normalized spacial score (nSPS) is 12.0. The lowest BCUT2D eigenvalue weighted by Crippen LogP contribution is -2.28. The maximum atomic E-state index is 13.1. The molecule has 1 atom stereocenters. The topological polar surface area (TPSA) is 69.6 Å². The van der Waals surface area contributed by atoms with E-state index in [4.69, 9.17) is 11.6 Å². The largest absolute Gasteiger partial charge is 0.507 e. The number of aliphatic hydroxyl groups excluding tert-OH is 1. The molecule has 2 aromatic rings. The Bertz CT molecular complexity index is 709. The van der Waals surface area contributed by atoms with Gasteiger partial charge in [0.1, 0.15) is 5.75 Å². The van der Waals surface area contributed by atoms with E-state index in [0.29, 0.717) is 0 Å². The standard InChI is InChI=1S/C15H12ClF2NO3/c16-9-2-4-13(20)10(6-9)15(22)19-7-14(21)8-1-3-11(17)12(18)5-8/h1-6,14,20-21H,7H2,(H,19,22). The summed E-state index contributed by atoms with van der Waals surface area (Å²) >= 11 is 5.73. The van der Waals surface area contributed by atoms with Crippen LogP contribution in [0.5, 0.6) is 5.75 Å². The molecule has 7 heteroatoms. The minimum absolute atomic E-state index is 0.0509. The number of carbonyl (C=O) groups excluding carboxylic acids is 1. The molecule has 0 bridgehead atoms. The molecule has 0 aliphatic carbocycles. The van der Waals surface area contributed by atoms with Gasteiger partial charge in [0.25, 0.3) is 5.91 Å². The maximum absolute atomic E-state index is 13.1. The van der Waals surface area contributed by atoms with Crippen molar-refractivity contribution >= 4 is 17.5 Å². The van der Waals surface area contributed by atoms with Crippen molar-refractivity contribution in [2.75, 3.05) is 6.54 Å². The summed E-state index contributed by atoms with van der Waals surface area (Å²) < 4.78 is 25.9. The number of halogens is 3. The number of aliphatic hydroxyl groups is 1. The SMILES string of the molecule is O=C(NCC(O)c1ccc(F)c(F)c1)c1cc(Cl)ccc1O. The number of phenolic OH excluding ortho intramolecular Hbond substituents is 1. The van der Waals surface area contributed by atoms with Crippen LogP contribution in [-0.4, -0.2) is 22.7 Å². The van der Waals surface area contributed by atoms with Gasteiger partial charge in [-0.05, 0) is 35.9 Å². The van der Waals surface area contributed by atoms with Crippen LogP contribution in [0.3, 0.4) is 0 Å². The third-order valence-corrected chi connectivity index (χ3v) is 3.22. The molecule has 0 fully saturated rings. The highest BCUT2D eigenvalue weighted by molar-refractivity contribution is 6.31. The predicted octanol–water partition coefficient (Wildman–Crippen LogP) is 2.79. The Balaban J connectivity index is 2.04. The van der Waals surface area contributed by atoms with Gasteiger partial charge in [-0.2, -0.15) is 0 Å². The Hall–Kier alpha value is -2.18. The van der Waals surface area contributed by atoms with Crippen molar-refractivity contribution in [1.29, 1.82) is 0 Å². The fourth-order valence-corrected chi connectivity index (χ4v) is 1.98. The number of benzene rings is 2. The molecule has 116 valence electrons. The molecule has 0 heterocycles. The van der Waals surface area contributed by atoms with Gasteiger partial charge in [0.15, 0.2) is 11.6 Å². The van der Waals surface area contributed by atoms with Crippen LogP contribution in [-0.2, 0) is 0 Å². The zero-order chi connectivity index (χ0) is 16.3. The molecule has 2 rings (SSSR count). The zero-order valence-electron chi connectivity index (χ0n) is 11.2. The van der Waals surface area contributed by atoms with Gasteiger partial charge in [-0.1, -0.05) is 17.7 Å². The molecule has 0 aromatic heterocycles. The van der Waals surface area contributed by atoms with Crippen LogP contribution >= 0.6 is 11.6 Å². The average molecular weight is 328 g/mol. The number of carbonyl (C=O) groups is 1. The maximum Gasteiger partial charge on any atom is 0.255 e. The van der Waals surface area contributed by atoms with Gasteiger partial charge in [-0.15, -0.1) is 0 Å². The van der Waals surface area contributed by atoms with Crippen molar-refractivity contribution < 1.29 is 23.8 Å². The minimum Gasteiger partial charge on any atom is -0.507 e. The van der Waals surface area contributed by atoms with Gasteiger partial charge >= 0.3 is 0 Å². The molecule has 0 aliphatic heterocycles. The fourth-order valence-electron chi connectivity index (χ4n) is 1.81. The van der Waals surface area contributed by atoms with Crippen LogP contribution in [0.15, 0.2) is 36.4 Å². The van der Waals surface area contributed by atoms with Crippen molar-refractivity contribution in [3.63, 3.8) is 0 Å². The summed E-state index contributed by atoms with van der Waals surface area (Å²) in [5.74, 6) is -3.02. The predicted molar refractivity (Wildman–Crippen MR) is 76.8 cm³/mol. The molecule has 0 saturated heterocycles. The van der Waals surface area contributed by atoms with Gasteiger partial charge in [-0.25, -0.2) is 8.78 Å². The number of hydrogen-bond acceptors (Lipinski definition) is 3. The lowest BCUT2D eigenvalue weighted by Gasteiger charge is -2.13. The molecule has 0 aliphatic rings. The first-order valence-electron chi connectivity index (χ1n) is 6.28. The van der Waals surface area contributed by atoms with E-state index in [0.717, 1.165) is 12.1 Å². The summed E-state index contributed by atoms with van der Waals surface area (Å²) in [4.78, 5) is 11.9. The van der Waals surface area contributed by atoms with E-state index >= 15 is 0 Å². The van der Waals surface area contributed by atoms with E-state index in [9.17, 15) is 23.8 Å². The Morgan fingerprint density at radius 1 is 1.18 bits per heavy atom. The number of aromatic hydroxyl groups is 1. The van der Waals surface area contributed by atoms with Crippen molar-refractivity contribution in [2.45, 2.75) is 6.10 Å². The number of hydrogen-bond donors (Lipinski definition) is 3. The Morgan fingerprint density at radius 3 is 2.59 bits per heavy atom. The van der Waals surface area contributed by atoms with Crippen LogP contribution in [0.1, 0.15) is 22.0 Å². The molecular weight excluding hydrogens is 316 g/mol. The summed E-state index contributed by atoms with van der Waals surface area (Å²) in [7, 11) is 0. The summed E-state index contributed by atoms with van der Waals surface area (Å²) in [6.45, 7) is -0.240. The third kappa shape index (κ3) is 3.72. The van der Waals surface area contributed by atoms with E-state index in [2.05, 4.69) is 5.32 Å². The van der Waals surface area contributed by atoms with E-state index in [-0.39, 0.29) is 28.4 Å². The summed E-state index contributed by atoms with van der Waals surface area (Å²) in [6, 6.07) is 6.91. The summed E-state index contributed by atoms with van der Waals surface area (Å²) in [6.07, 6.45) is -1.22. The lowest BCUT2D eigenvalue weighted by atomic mass is 10.1. The van der Waals surface area contributed by atoms with Crippen LogP contribution in [0.2, 0.25) is 5.02 Å². The second kappa shape index (κ2) is 6.72. The molecule has 0 saturated carbocycles. The van der Waals surface area contributed by atoms with Crippen molar-refractivity contribution in [3.8, 4) is 5.75 Å². The van der Waals surface area contributed by atoms with Gasteiger partial charge in [-0.3, -0.25) is 4.79 Å². The Labute approximate surface area is 130 Å². The molecule has 0 spiro atoms. The molecule has 4 nitrogen and oxygen atoms in total. The van der Waals surface area contributed by atoms with E-state index in [1.807, 2.05) is 0 Å². The molecule has 22 heavy (non-hydrogen) atoms. The number of amides is 1. The van der Waals surface area contributed by atoms with Gasteiger partial charge < -0.3 is 15.5 Å². The van der Waals surface area contributed by atoms with Gasteiger partial charge in [0.05, 0.1) is 11.7 Å². The molecular formula is C15H12ClF2NO3. The summed E-state index contributed by atoms with van der Waals surface area (Å²) in [5.41, 5.74) is 0.0690. The lowest BCUT2D eigenvalue weighted by molar-refractivity contribution is 0.0913. The molecule has 0 radical (unpaired) electrons. The second-order valence-electron chi connectivity index (χ2n) is 4.56. The van der Waals surface area contributed by atoms with Crippen molar-refractivity contribution in [1.82, 2.24) is 5.32 Å². The van der Waals surface area contributed by atoms with E-state index in [1.54, 1.807) is 0 Å². The van der Waals surface area contributed by atoms with Crippen LogP contribution in [0, 0.1) is 11.6 Å². The van der Waals surface area contributed by atoms with Crippen LogP contribution in [0.25, 0.3) is 0 Å². The highest BCUT2D eigenvalue weighted by Crippen LogP contribution is 2.21. The first kappa shape index (κ1) is 16.2. The number of nitrogens with one attached hydrogen (secondary N) is 1. The van der Waals surface area contributed by atoms with Crippen molar-refractivity contribution in [2.24, 2.45) is 0 Å². The van der Waals surface area contributed by atoms with E-state index < -0.39 is 23.6 Å². The minimum atomic E-state index is -1.22. The first-order chi connectivity index (χ1) is 10.4. The monoisotopic (exact) mass is 327 g/mol. The van der Waals surface area contributed by atoms with Crippen molar-refractivity contribution in [3.05, 3.63) is 64.2 Å². The second-order valence-corrected chi connectivity index (χ2v) is 5.00. The average Bonchev–Trinajstić information content (AvgIpc) is 2.49. The summed E-state index contributed by atoms with van der Waals surface area (Å²) in [5, 5.41) is 22.1. The van der Waals surface area contributed by atoms with E-state index in [1.165, 1.54) is 24.3 Å². The third-order valence-electron chi connectivity index (χ3n) is 2.99.